The van der Waals surface area contributed by atoms with Gasteiger partial charge in [-0.3, -0.25) is 4.79 Å². The number of phenols is 1. The second kappa shape index (κ2) is 3.65. The highest BCUT2D eigenvalue weighted by atomic mass is 16.4. The summed E-state index contributed by atoms with van der Waals surface area (Å²) in [5.74, 6) is -0.976. The Bertz CT molecular complexity index is 472. The number of fused-ring (bicyclic) bond motifs is 2. The Morgan fingerprint density at radius 3 is 2.94 bits per heavy atom. The van der Waals surface area contributed by atoms with Crippen LogP contribution in [-0.2, 0) is 4.79 Å². The molecule has 1 aliphatic carbocycles. The van der Waals surface area contributed by atoms with Gasteiger partial charge in [0.2, 0.25) is 0 Å². The van der Waals surface area contributed by atoms with Crippen molar-refractivity contribution in [3.63, 3.8) is 0 Å². The van der Waals surface area contributed by atoms with E-state index in [-0.39, 0.29) is 17.7 Å². The van der Waals surface area contributed by atoms with Crippen LogP contribution in [0.3, 0.4) is 0 Å². The lowest BCUT2D eigenvalue weighted by Crippen LogP contribution is -2.37. The molecule has 0 aromatic heterocycles. The Hall–Kier alpha value is -1.71. The van der Waals surface area contributed by atoms with E-state index in [1.54, 1.807) is 18.2 Å². The minimum atomic E-state index is -0.782. The molecule has 1 saturated carbocycles. The summed E-state index contributed by atoms with van der Waals surface area (Å²) >= 11 is 0. The van der Waals surface area contributed by atoms with Gasteiger partial charge in [-0.1, -0.05) is 6.42 Å². The van der Waals surface area contributed by atoms with Gasteiger partial charge in [0.15, 0.2) is 0 Å². The molecule has 0 amide bonds. The Kier molecular flexibility index (Phi) is 2.24. The van der Waals surface area contributed by atoms with E-state index in [4.69, 9.17) is 0 Å². The number of hydrogen-bond donors (Lipinski definition) is 3. The average molecular weight is 233 g/mol. The molecular weight excluding hydrogens is 218 g/mol. The van der Waals surface area contributed by atoms with E-state index < -0.39 is 11.9 Å². The fourth-order valence-corrected chi connectivity index (χ4v) is 3.25. The maximum Gasteiger partial charge on any atom is 0.311 e. The van der Waals surface area contributed by atoms with Gasteiger partial charge in [-0.25, -0.2) is 0 Å². The second-order valence-corrected chi connectivity index (χ2v) is 4.93. The summed E-state index contributed by atoms with van der Waals surface area (Å²) in [5, 5.41) is 22.3. The van der Waals surface area contributed by atoms with E-state index in [2.05, 4.69) is 5.32 Å². The Balaban J connectivity index is 2.10. The lowest BCUT2D eigenvalue weighted by Gasteiger charge is -2.34. The van der Waals surface area contributed by atoms with Crippen molar-refractivity contribution in [1.82, 2.24) is 0 Å². The number of aliphatic carboxylic acids is 1. The van der Waals surface area contributed by atoms with Gasteiger partial charge < -0.3 is 15.5 Å². The molecule has 1 aliphatic heterocycles. The number of carboxylic acid groups (broad SMARTS) is 1. The monoisotopic (exact) mass is 233 g/mol. The zero-order chi connectivity index (χ0) is 12.0. The number of aromatic hydroxyl groups is 1. The number of anilines is 1. The van der Waals surface area contributed by atoms with Crippen molar-refractivity contribution >= 4 is 11.7 Å². The molecule has 2 aliphatic rings. The third-order valence-electron chi connectivity index (χ3n) is 3.97. The van der Waals surface area contributed by atoms with Crippen LogP contribution in [-0.4, -0.2) is 22.2 Å². The highest BCUT2D eigenvalue weighted by Gasteiger charge is 2.43. The summed E-state index contributed by atoms with van der Waals surface area (Å²) in [6, 6.07) is 5.22. The number of nitrogens with one attached hydrogen (secondary N) is 1. The van der Waals surface area contributed by atoms with Gasteiger partial charge in [0.25, 0.3) is 0 Å². The van der Waals surface area contributed by atoms with Crippen molar-refractivity contribution in [2.45, 2.75) is 31.2 Å². The summed E-state index contributed by atoms with van der Waals surface area (Å²) in [5.41, 5.74) is 1.58. The lowest BCUT2D eigenvalue weighted by molar-refractivity contribution is -0.140. The Morgan fingerprint density at radius 2 is 2.18 bits per heavy atom. The van der Waals surface area contributed by atoms with E-state index in [1.165, 1.54) is 0 Å². The van der Waals surface area contributed by atoms with Crippen LogP contribution in [0.5, 0.6) is 5.75 Å². The quantitative estimate of drug-likeness (QED) is 0.650. The van der Waals surface area contributed by atoms with Gasteiger partial charge in [0.05, 0.1) is 5.92 Å². The number of benzene rings is 1. The van der Waals surface area contributed by atoms with Crippen molar-refractivity contribution in [3.8, 4) is 5.75 Å². The maximum absolute atomic E-state index is 11.5. The molecule has 0 spiro atoms. The number of carbonyl (C=O) groups is 1. The third-order valence-corrected chi connectivity index (χ3v) is 3.97. The SMILES string of the molecule is O=C(O)C1c2cc(O)ccc2NC2CCCC21. The average Bonchev–Trinajstić information content (AvgIpc) is 2.72. The molecule has 3 unspecified atom stereocenters. The molecular formula is C13H15NO3. The highest BCUT2D eigenvalue weighted by Crippen LogP contribution is 2.46. The van der Waals surface area contributed by atoms with Crippen molar-refractivity contribution in [2.24, 2.45) is 5.92 Å². The van der Waals surface area contributed by atoms with Crippen molar-refractivity contribution in [2.75, 3.05) is 5.32 Å². The van der Waals surface area contributed by atoms with E-state index in [0.717, 1.165) is 30.5 Å². The van der Waals surface area contributed by atoms with Gasteiger partial charge >= 0.3 is 5.97 Å². The van der Waals surface area contributed by atoms with E-state index in [9.17, 15) is 15.0 Å². The first-order chi connectivity index (χ1) is 8.16. The first-order valence-corrected chi connectivity index (χ1v) is 5.99. The Morgan fingerprint density at radius 1 is 1.35 bits per heavy atom. The molecule has 3 N–H and O–H groups in total. The second-order valence-electron chi connectivity index (χ2n) is 4.93. The van der Waals surface area contributed by atoms with Crippen LogP contribution in [0.1, 0.15) is 30.7 Å². The summed E-state index contributed by atoms with van der Waals surface area (Å²) in [6.45, 7) is 0. The van der Waals surface area contributed by atoms with Crippen LogP contribution in [0.15, 0.2) is 18.2 Å². The summed E-state index contributed by atoms with van der Waals surface area (Å²) in [7, 11) is 0. The molecule has 3 rings (SSSR count). The van der Waals surface area contributed by atoms with Crippen molar-refractivity contribution in [1.29, 1.82) is 0 Å². The highest BCUT2D eigenvalue weighted by molar-refractivity contribution is 5.81. The molecule has 4 heteroatoms. The number of rotatable bonds is 1. The van der Waals surface area contributed by atoms with Crippen molar-refractivity contribution in [3.05, 3.63) is 23.8 Å². The van der Waals surface area contributed by atoms with Crippen LogP contribution in [0, 0.1) is 5.92 Å². The molecule has 0 radical (unpaired) electrons. The first kappa shape index (κ1) is 10.4. The molecule has 1 aromatic carbocycles. The molecule has 1 aromatic rings. The zero-order valence-electron chi connectivity index (χ0n) is 9.39. The predicted molar refractivity (Wildman–Crippen MR) is 63.2 cm³/mol. The maximum atomic E-state index is 11.5. The molecule has 1 fully saturated rings. The summed E-state index contributed by atoms with van der Waals surface area (Å²) in [6.07, 6.45) is 3.06. The first-order valence-electron chi connectivity index (χ1n) is 5.99. The van der Waals surface area contributed by atoms with E-state index >= 15 is 0 Å². The number of carboxylic acids is 1. The summed E-state index contributed by atoms with van der Waals surface area (Å²) < 4.78 is 0. The molecule has 3 atom stereocenters. The molecule has 90 valence electrons. The van der Waals surface area contributed by atoms with Crippen LogP contribution in [0.2, 0.25) is 0 Å². The van der Waals surface area contributed by atoms with Gasteiger partial charge in [0.1, 0.15) is 5.75 Å². The van der Waals surface area contributed by atoms with E-state index in [0.29, 0.717) is 0 Å². The van der Waals surface area contributed by atoms with Crippen LogP contribution < -0.4 is 5.32 Å². The van der Waals surface area contributed by atoms with Crippen LogP contribution >= 0.6 is 0 Å². The predicted octanol–water partition coefficient (Wildman–Crippen LogP) is 2.15. The smallest absolute Gasteiger partial charge is 0.311 e. The summed E-state index contributed by atoms with van der Waals surface area (Å²) in [4.78, 5) is 11.5. The van der Waals surface area contributed by atoms with Crippen LogP contribution in [0.4, 0.5) is 5.69 Å². The minimum absolute atomic E-state index is 0.133. The van der Waals surface area contributed by atoms with Gasteiger partial charge in [-0.05, 0) is 42.5 Å². The molecule has 17 heavy (non-hydrogen) atoms. The largest absolute Gasteiger partial charge is 0.508 e. The van der Waals surface area contributed by atoms with Gasteiger partial charge in [-0.2, -0.15) is 0 Å². The minimum Gasteiger partial charge on any atom is -0.508 e. The fraction of sp³-hybridized carbons (Fsp3) is 0.462. The Labute approximate surface area is 99.3 Å². The topological polar surface area (TPSA) is 69.6 Å². The van der Waals surface area contributed by atoms with E-state index in [1.807, 2.05) is 0 Å². The van der Waals surface area contributed by atoms with Gasteiger partial charge in [-0.15, -0.1) is 0 Å². The zero-order valence-corrected chi connectivity index (χ0v) is 9.39. The van der Waals surface area contributed by atoms with Crippen LogP contribution in [0.25, 0.3) is 0 Å². The molecule has 1 heterocycles. The molecule has 0 bridgehead atoms. The molecule has 0 saturated heterocycles. The normalized spacial score (nSPS) is 30.2. The standard InChI is InChI=1S/C13H15NO3/c15-7-4-5-11-9(6-7)12(13(16)17)8-2-1-3-10(8)14-11/h4-6,8,10,12,14-15H,1-3H2,(H,16,17). The van der Waals surface area contributed by atoms with Crippen molar-refractivity contribution < 1.29 is 15.0 Å². The molecule has 4 nitrogen and oxygen atoms in total. The number of phenolic OH excluding ortho intramolecular Hbond substituents is 1. The lowest BCUT2D eigenvalue weighted by atomic mass is 9.79. The number of hydrogen-bond acceptors (Lipinski definition) is 3. The van der Waals surface area contributed by atoms with Gasteiger partial charge in [0, 0.05) is 11.7 Å². The third kappa shape index (κ3) is 1.55. The fourth-order valence-electron chi connectivity index (χ4n) is 3.25.